The maximum absolute atomic E-state index is 2.53. The van der Waals surface area contributed by atoms with E-state index >= 15 is 0 Å². The van der Waals surface area contributed by atoms with Gasteiger partial charge in [-0.3, -0.25) is 0 Å². The Morgan fingerprint density at radius 1 is 0.944 bits per heavy atom. The van der Waals surface area contributed by atoms with Gasteiger partial charge in [0.05, 0.1) is 0 Å². The van der Waals surface area contributed by atoms with Crippen LogP contribution in [0, 0.1) is 5.41 Å². The first-order valence-corrected chi connectivity index (χ1v) is 8.83. The fourth-order valence-electron chi connectivity index (χ4n) is 3.60. The molecule has 0 aromatic heterocycles. The maximum Gasteiger partial charge on any atom is 0.0136 e. The Bertz CT molecular complexity index is 365. The normalized spacial score (nSPS) is 26.6. The molecule has 2 atom stereocenters. The van der Waals surface area contributed by atoms with Crippen LogP contribution in [-0.2, 0) is 0 Å². The number of rotatable bonds is 4. The van der Waals surface area contributed by atoms with Crippen LogP contribution in [0.1, 0.15) is 62.3 Å². The van der Waals surface area contributed by atoms with Crippen molar-refractivity contribution >= 4 is 7.92 Å². The van der Waals surface area contributed by atoms with Crippen molar-refractivity contribution in [2.75, 3.05) is 0 Å². The molecule has 0 heterocycles. The quantitative estimate of drug-likeness (QED) is 0.549. The Balaban J connectivity index is 3.15. The summed E-state index contributed by atoms with van der Waals surface area (Å²) in [4.78, 5) is 0. The molecule has 0 amide bonds. The highest BCUT2D eigenvalue weighted by Gasteiger charge is 2.41. The third-order valence-corrected chi connectivity index (χ3v) is 8.80. The first-order chi connectivity index (χ1) is 8.12. The highest BCUT2D eigenvalue weighted by molar-refractivity contribution is 7.59. The first kappa shape index (κ1) is 16.0. The van der Waals surface area contributed by atoms with Crippen LogP contribution >= 0.6 is 7.92 Å². The predicted octanol–water partition coefficient (Wildman–Crippen LogP) is 5.98. The molecule has 0 saturated heterocycles. The monoisotopic (exact) mass is 266 g/mol. The molecular formula is C17H31P. The van der Waals surface area contributed by atoms with Crippen molar-refractivity contribution in [1.82, 2.24) is 0 Å². The van der Waals surface area contributed by atoms with Crippen molar-refractivity contribution in [2.24, 2.45) is 5.41 Å². The highest BCUT2D eigenvalue weighted by Crippen LogP contribution is 2.60. The van der Waals surface area contributed by atoms with E-state index in [1.165, 1.54) is 11.1 Å². The minimum Gasteiger partial charge on any atom is -0.0973 e. The molecule has 0 aliphatic heterocycles. The second-order valence-electron chi connectivity index (χ2n) is 6.67. The van der Waals surface area contributed by atoms with E-state index in [4.69, 9.17) is 0 Å². The van der Waals surface area contributed by atoms with Gasteiger partial charge in [-0.1, -0.05) is 66.7 Å². The predicted molar refractivity (Wildman–Crippen MR) is 86.9 cm³/mol. The van der Waals surface area contributed by atoms with E-state index in [2.05, 4.69) is 68.4 Å². The summed E-state index contributed by atoms with van der Waals surface area (Å²) in [6, 6.07) is 0. The molecule has 1 rings (SSSR count). The minimum absolute atomic E-state index is 0.0570. The van der Waals surface area contributed by atoms with Gasteiger partial charge in [0, 0.05) is 5.41 Å². The molecule has 1 aliphatic rings. The van der Waals surface area contributed by atoms with Gasteiger partial charge in [-0.15, -0.1) is 0 Å². The lowest BCUT2D eigenvalue weighted by Gasteiger charge is -2.42. The van der Waals surface area contributed by atoms with Crippen molar-refractivity contribution in [1.29, 1.82) is 0 Å². The Kier molecular flexibility index (Phi) is 4.87. The smallest absolute Gasteiger partial charge is 0.0136 e. The molecule has 18 heavy (non-hydrogen) atoms. The molecule has 0 nitrogen and oxygen atoms in total. The number of hydrogen-bond donors (Lipinski definition) is 0. The molecule has 0 bridgehead atoms. The van der Waals surface area contributed by atoms with Crippen LogP contribution in [-0.4, -0.2) is 17.0 Å². The van der Waals surface area contributed by atoms with E-state index < -0.39 is 0 Å². The zero-order chi connectivity index (χ0) is 14.2. The van der Waals surface area contributed by atoms with Crippen molar-refractivity contribution in [3.63, 3.8) is 0 Å². The van der Waals surface area contributed by atoms with E-state index in [0.717, 1.165) is 17.0 Å². The fraction of sp³-hybridized carbons (Fsp3) is 0.765. The lowest BCUT2D eigenvalue weighted by Crippen LogP contribution is -2.31. The second-order valence-corrected chi connectivity index (χ2v) is 10.4. The molecule has 0 fully saturated rings. The van der Waals surface area contributed by atoms with E-state index in [1.54, 1.807) is 5.57 Å². The summed E-state index contributed by atoms with van der Waals surface area (Å²) in [7, 11) is 0.0570. The summed E-state index contributed by atoms with van der Waals surface area (Å²) in [5, 5.41) is 0. The Morgan fingerprint density at radius 3 is 1.67 bits per heavy atom. The average molecular weight is 266 g/mol. The molecule has 0 spiro atoms. The number of hydrogen-bond acceptors (Lipinski definition) is 0. The lowest BCUT2D eigenvalue weighted by atomic mass is 9.82. The zero-order valence-corrected chi connectivity index (χ0v) is 14.7. The van der Waals surface area contributed by atoms with Crippen molar-refractivity contribution < 1.29 is 0 Å². The van der Waals surface area contributed by atoms with Gasteiger partial charge >= 0.3 is 0 Å². The van der Waals surface area contributed by atoms with Gasteiger partial charge in [0.25, 0.3) is 0 Å². The van der Waals surface area contributed by atoms with Gasteiger partial charge in [0.1, 0.15) is 0 Å². The molecule has 1 heteroatoms. The molecule has 2 unspecified atom stereocenters. The molecule has 104 valence electrons. The average Bonchev–Trinajstić information content (AvgIpc) is 2.43. The summed E-state index contributed by atoms with van der Waals surface area (Å²) < 4.78 is 0. The van der Waals surface area contributed by atoms with Crippen LogP contribution in [0.4, 0.5) is 0 Å². The van der Waals surface area contributed by atoms with Crippen molar-refractivity contribution in [2.45, 2.75) is 79.3 Å². The van der Waals surface area contributed by atoms with E-state index in [0.29, 0.717) is 0 Å². The molecule has 0 saturated carbocycles. The summed E-state index contributed by atoms with van der Waals surface area (Å²) >= 11 is 0. The van der Waals surface area contributed by atoms with Crippen molar-refractivity contribution in [3.05, 3.63) is 22.8 Å². The van der Waals surface area contributed by atoms with Crippen molar-refractivity contribution in [3.8, 4) is 0 Å². The lowest BCUT2D eigenvalue weighted by molar-refractivity contribution is 0.504. The van der Waals surface area contributed by atoms with Gasteiger partial charge in [-0.05, 0) is 43.3 Å². The largest absolute Gasteiger partial charge is 0.0973 e. The van der Waals surface area contributed by atoms with Gasteiger partial charge in [-0.25, -0.2) is 0 Å². The summed E-state index contributed by atoms with van der Waals surface area (Å²) in [6.07, 6.45) is 2.53. The summed E-state index contributed by atoms with van der Waals surface area (Å²) in [5.41, 5.74) is 7.29. The fourth-order valence-corrected chi connectivity index (χ4v) is 7.47. The molecule has 0 aromatic carbocycles. The van der Waals surface area contributed by atoms with Gasteiger partial charge in [0.15, 0.2) is 0 Å². The van der Waals surface area contributed by atoms with Crippen LogP contribution in [0.3, 0.4) is 0 Å². The Hall–Kier alpha value is -0.0900. The van der Waals surface area contributed by atoms with Crippen LogP contribution in [0.5, 0.6) is 0 Å². The second kappa shape index (κ2) is 5.49. The molecular weight excluding hydrogens is 235 g/mol. The molecule has 0 radical (unpaired) electrons. The third-order valence-electron chi connectivity index (χ3n) is 4.99. The Labute approximate surface area is 116 Å². The summed E-state index contributed by atoms with van der Waals surface area (Å²) in [6.45, 7) is 21.5. The van der Waals surface area contributed by atoms with Gasteiger partial charge < -0.3 is 0 Å². The van der Waals surface area contributed by atoms with Crippen LogP contribution in [0.2, 0.25) is 0 Å². The van der Waals surface area contributed by atoms with Crippen LogP contribution < -0.4 is 0 Å². The standard InChI is InChI=1S/C17H31P/c1-11(2)18(12(3)4)16(8)17(9)10-13(5)14(6)15(17)7/h10-12,16H,1-9H3. The van der Waals surface area contributed by atoms with Gasteiger partial charge in [-0.2, -0.15) is 0 Å². The molecule has 0 aromatic rings. The topological polar surface area (TPSA) is 0 Å². The number of allylic oxidation sites excluding steroid dienone is 4. The zero-order valence-electron chi connectivity index (χ0n) is 13.8. The van der Waals surface area contributed by atoms with E-state index in [-0.39, 0.29) is 13.3 Å². The third kappa shape index (κ3) is 2.60. The highest BCUT2D eigenvalue weighted by atomic mass is 31.1. The molecule has 1 aliphatic carbocycles. The van der Waals surface area contributed by atoms with E-state index in [9.17, 15) is 0 Å². The van der Waals surface area contributed by atoms with Crippen LogP contribution in [0.25, 0.3) is 0 Å². The maximum atomic E-state index is 2.53. The minimum atomic E-state index is 0.0570. The molecule has 0 N–H and O–H groups in total. The Morgan fingerprint density at radius 2 is 1.39 bits per heavy atom. The van der Waals surface area contributed by atoms with E-state index in [1.807, 2.05) is 0 Å². The first-order valence-electron chi connectivity index (χ1n) is 7.28. The van der Waals surface area contributed by atoms with Gasteiger partial charge in [0.2, 0.25) is 0 Å². The van der Waals surface area contributed by atoms with Crippen LogP contribution in [0.15, 0.2) is 22.8 Å². The summed E-state index contributed by atoms with van der Waals surface area (Å²) in [5.74, 6) is 0. The SMILES string of the molecule is CC1=CC(C)(C(C)P(C(C)C)C(C)C)C(C)=C1C.